The summed E-state index contributed by atoms with van der Waals surface area (Å²) in [6.45, 7) is 7.27. The molecule has 0 N–H and O–H groups in total. The zero-order valence-corrected chi connectivity index (χ0v) is 11.6. The van der Waals surface area contributed by atoms with Crippen LogP contribution in [0.2, 0.25) is 0 Å². The fraction of sp³-hybridized carbons (Fsp3) is 0.692. The molecule has 0 aliphatic carbocycles. The van der Waals surface area contributed by atoms with Gasteiger partial charge in [0.15, 0.2) is 0 Å². The van der Waals surface area contributed by atoms with Gasteiger partial charge in [0, 0.05) is 27.7 Å². The molecule has 96 valence electrons. The minimum absolute atomic E-state index is 0.226. The molecular formula is C13H22N2O2. The van der Waals surface area contributed by atoms with E-state index in [1.54, 1.807) is 19.0 Å². The van der Waals surface area contributed by atoms with Gasteiger partial charge in [-0.2, -0.15) is 0 Å². The van der Waals surface area contributed by atoms with Gasteiger partial charge < -0.3 is 9.80 Å². The summed E-state index contributed by atoms with van der Waals surface area (Å²) < 4.78 is 0. The number of hydrogen-bond donors (Lipinski definition) is 0. The summed E-state index contributed by atoms with van der Waals surface area (Å²) in [4.78, 5) is 26.6. The minimum atomic E-state index is -0.368. The lowest BCUT2D eigenvalue weighted by Gasteiger charge is -2.28. The van der Waals surface area contributed by atoms with E-state index >= 15 is 0 Å². The normalized spacial score (nSPS) is 11.9. The zero-order valence-electron chi connectivity index (χ0n) is 11.6. The van der Waals surface area contributed by atoms with Crippen molar-refractivity contribution >= 4 is 11.4 Å². The predicted molar refractivity (Wildman–Crippen MR) is 73.0 cm³/mol. The molecule has 0 fully saturated rings. The highest BCUT2D eigenvalue weighted by Gasteiger charge is 2.25. The molecule has 0 radical (unpaired) electrons. The van der Waals surface area contributed by atoms with Crippen LogP contribution in [-0.4, -0.2) is 27.7 Å². The Hall–Kier alpha value is -1.32. The zero-order chi connectivity index (χ0) is 13.4. The summed E-state index contributed by atoms with van der Waals surface area (Å²) in [5.74, 6) is 0. The van der Waals surface area contributed by atoms with Gasteiger partial charge in [0.1, 0.15) is 11.4 Å². The molecule has 4 heteroatoms. The van der Waals surface area contributed by atoms with Crippen LogP contribution in [0.5, 0.6) is 0 Å². The molecule has 0 aliphatic heterocycles. The summed E-state index contributed by atoms with van der Waals surface area (Å²) >= 11 is 0. The van der Waals surface area contributed by atoms with Crippen molar-refractivity contribution in [2.45, 2.75) is 27.2 Å². The second kappa shape index (κ2) is 4.51. The smallest absolute Gasteiger partial charge is 0.253 e. The van der Waals surface area contributed by atoms with E-state index in [0.717, 1.165) is 13.0 Å². The molecule has 0 aromatic heterocycles. The van der Waals surface area contributed by atoms with Crippen molar-refractivity contribution in [2.24, 2.45) is 5.41 Å². The van der Waals surface area contributed by atoms with Gasteiger partial charge >= 0.3 is 0 Å². The van der Waals surface area contributed by atoms with Crippen LogP contribution in [0, 0.1) is 5.41 Å². The lowest BCUT2D eigenvalue weighted by atomic mass is 9.92. The van der Waals surface area contributed by atoms with Crippen LogP contribution in [0.4, 0.5) is 11.4 Å². The summed E-state index contributed by atoms with van der Waals surface area (Å²) in [5, 5.41) is 0. The summed E-state index contributed by atoms with van der Waals surface area (Å²) in [5.41, 5.74) is 0.595. The molecular weight excluding hydrogens is 216 g/mol. The van der Waals surface area contributed by atoms with E-state index in [0.29, 0.717) is 11.4 Å². The number of hydrogen-bond acceptors (Lipinski definition) is 4. The maximum Gasteiger partial charge on any atom is 0.253 e. The molecule has 0 aliphatic rings. The van der Waals surface area contributed by atoms with Crippen molar-refractivity contribution < 1.29 is 0 Å². The van der Waals surface area contributed by atoms with E-state index in [-0.39, 0.29) is 16.3 Å². The highest BCUT2D eigenvalue weighted by atomic mass is 16.2. The first-order valence-corrected chi connectivity index (χ1v) is 5.87. The Labute approximate surface area is 103 Å². The minimum Gasteiger partial charge on any atom is -0.373 e. The number of anilines is 2. The van der Waals surface area contributed by atoms with Gasteiger partial charge in [-0.15, -0.1) is 0 Å². The molecule has 4 nitrogen and oxygen atoms in total. The van der Waals surface area contributed by atoms with Gasteiger partial charge in [0.05, 0.1) is 0 Å². The van der Waals surface area contributed by atoms with E-state index in [9.17, 15) is 9.59 Å². The Bertz CT molecular complexity index is 462. The van der Waals surface area contributed by atoms with Gasteiger partial charge in [0.2, 0.25) is 0 Å². The van der Waals surface area contributed by atoms with Gasteiger partial charge in [-0.3, -0.25) is 9.59 Å². The first-order chi connectivity index (χ1) is 7.65. The molecule has 0 bridgehead atoms. The van der Waals surface area contributed by atoms with Crippen molar-refractivity contribution in [3.05, 3.63) is 20.4 Å². The third kappa shape index (κ3) is 2.87. The SMILES string of the molecule is CN(C)c1c(N(C)CCC(C)(C)C)c(=O)c1=O. The molecule has 0 amide bonds. The first-order valence-electron chi connectivity index (χ1n) is 5.87. The third-order valence-electron chi connectivity index (χ3n) is 2.89. The van der Waals surface area contributed by atoms with Crippen LogP contribution in [0.25, 0.3) is 0 Å². The Kier molecular flexibility index (Phi) is 3.65. The van der Waals surface area contributed by atoms with E-state index in [2.05, 4.69) is 20.8 Å². The molecule has 1 aromatic carbocycles. The summed E-state index contributed by atoms with van der Waals surface area (Å²) in [6.07, 6.45) is 0.981. The number of nitrogens with zero attached hydrogens (tertiary/aromatic N) is 2. The van der Waals surface area contributed by atoms with E-state index < -0.39 is 0 Å². The predicted octanol–water partition coefficient (Wildman–Crippen LogP) is 1.22. The van der Waals surface area contributed by atoms with Gasteiger partial charge in [-0.05, 0) is 11.8 Å². The van der Waals surface area contributed by atoms with Crippen LogP contribution < -0.4 is 20.7 Å². The Morgan fingerprint density at radius 1 is 0.941 bits per heavy atom. The van der Waals surface area contributed by atoms with Crippen LogP contribution in [0.1, 0.15) is 27.2 Å². The monoisotopic (exact) mass is 238 g/mol. The maximum absolute atomic E-state index is 11.6. The van der Waals surface area contributed by atoms with Crippen LogP contribution >= 0.6 is 0 Å². The molecule has 0 spiro atoms. The van der Waals surface area contributed by atoms with Gasteiger partial charge in [0.25, 0.3) is 10.9 Å². The number of rotatable bonds is 4. The van der Waals surface area contributed by atoms with Crippen molar-refractivity contribution in [2.75, 3.05) is 37.5 Å². The average molecular weight is 238 g/mol. The summed E-state index contributed by atoms with van der Waals surface area (Å²) in [7, 11) is 5.45. The fourth-order valence-electron chi connectivity index (χ4n) is 1.75. The van der Waals surface area contributed by atoms with Crippen molar-refractivity contribution in [1.29, 1.82) is 0 Å². The van der Waals surface area contributed by atoms with E-state index in [1.807, 2.05) is 11.9 Å². The van der Waals surface area contributed by atoms with Crippen molar-refractivity contribution in [1.82, 2.24) is 0 Å². The lowest BCUT2D eigenvalue weighted by molar-refractivity contribution is 0.381. The highest BCUT2D eigenvalue weighted by Crippen LogP contribution is 2.24. The van der Waals surface area contributed by atoms with E-state index in [4.69, 9.17) is 0 Å². The third-order valence-corrected chi connectivity index (χ3v) is 2.89. The standard InChI is InChI=1S/C13H22N2O2/c1-13(2,3)7-8-15(6)10-9(14(4)5)11(16)12(10)17/h7-8H2,1-6H3. The molecule has 0 heterocycles. The second-order valence-electron chi connectivity index (χ2n) is 5.98. The molecule has 0 unspecified atom stereocenters. The van der Waals surface area contributed by atoms with Crippen molar-refractivity contribution in [3.8, 4) is 0 Å². The Morgan fingerprint density at radius 2 is 1.41 bits per heavy atom. The molecule has 1 rings (SSSR count). The van der Waals surface area contributed by atoms with Gasteiger partial charge in [-0.25, -0.2) is 0 Å². The summed E-state index contributed by atoms with van der Waals surface area (Å²) in [6, 6.07) is 0. The Balaban J connectivity index is 2.84. The van der Waals surface area contributed by atoms with Crippen LogP contribution in [0.3, 0.4) is 0 Å². The molecule has 0 atom stereocenters. The quantitative estimate of drug-likeness (QED) is 0.740. The average Bonchev–Trinajstić information content (AvgIpc) is 2.19. The molecule has 17 heavy (non-hydrogen) atoms. The molecule has 0 saturated heterocycles. The first kappa shape index (κ1) is 13.7. The molecule has 1 aromatic rings. The van der Waals surface area contributed by atoms with E-state index in [1.165, 1.54) is 0 Å². The van der Waals surface area contributed by atoms with Crippen LogP contribution in [-0.2, 0) is 0 Å². The van der Waals surface area contributed by atoms with Crippen molar-refractivity contribution in [3.63, 3.8) is 0 Å². The Morgan fingerprint density at radius 3 is 1.82 bits per heavy atom. The largest absolute Gasteiger partial charge is 0.373 e. The fourth-order valence-corrected chi connectivity index (χ4v) is 1.75. The lowest BCUT2D eigenvalue weighted by Crippen LogP contribution is -2.43. The maximum atomic E-state index is 11.6. The second-order valence-corrected chi connectivity index (χ2v) is 5.98. The molecule has 0 saturated carbocycles. The highest BCUT2D eigenvalue weighted by molar-refractivity contribution is 5.75. The van der Waals surface area contributed by atoms with Crippen LogP contribution in [0.15, 0.2) is 9.59 Å². The van der Waals surface area contributed by atoms with Gasteiger partial charge in [-0.1, -0.05) is 20.8 Å². The topological polar surface area (TPSA) is 40.6 Å².